The molecule has 182 valence electrons. The number of hydrogen-bond donors (Lipinski definition) is 1. The van der Waals surface area contributed by atoms with Crippen LogP contribution in [-0.2, 0) is 26.0 Å². The number of nitrogens with zero attached hydrogens (tertiary/aromatic N) is 1. The molecule has 0 unspecified atom stereocenters. The van der Waals surface area contributed by atoms with Crippen LogP contribution in [0.5, 0.6) is 0 Å². The molecule has 3 aliphatic rings. The summed E-state index contributed by atoms with van der Waals surface area (Å²) in [7, 11) is -4.22. The van der Waals surface area contributed by atoms with E-state index >= 15 is 4.39 Å². The molecular weight excluding hydrogens is 469 g/mol. The molecule has 2 aliphatic heterocycles. The summed E-state index contributed by atoms with van der Waals surface area (Å²) in [5.41, 5.74) is -0.0974. The van der Waals surface area contributed by atoms with Crippen molar-refractivity contribution in [3.63, 3.8) is 0 Å². The average molecular weight is 495 g/mol. The van der Waals surface area contributed by atoms with Crippen molar-refractivity contribution in [1.82, 2.24) is 9.62 Å². The van der Waals surface area contributed by atoms with Gasteiger partial charge in [0.05, 0.1) is 12.6 Å². The van der Waals surface area contributed by atoms with Crippen molar-refractivity contribution in [3.05, 3.63) is 59.7 Å². The zero-order valence-electron chi connectivity index (χ0n) is 18.3. The van der Waals surface area contributed by atoms with Crippen molar-refractivity contribution in [2.24, 2.45) is 5.41 Å². The first-order chi connectivity index (χ1) is 16.2. The summed E-state index contributed by atoms with van der Waals surface area (Å²) in [6, 6.07) is 7.40. The highest BCUT2D eigenvalue weighted by atomic mass is 32.2. The van der Waals surface area contributed by atoms with Gasteiger partial charge in [0.25, 0.3) is 5.91 Å². The van der Waals surface area contributed by atoms with Gasteiger partial charge < -0.3 is 9.64 Å². The maximum Gasteiger partial charge on any atom is 0.252 e. The van der Waals surface area contributed by atoms with Crippen LogP contribution in [0.3, 0.4) is 0 Å². The number of likely N-dealkylation sites (tertiary alicyclic amines) is 1. The predicted molar refractivity (Wildman–Crippen MR) is 119 cm³/mol. The minimum absolute atomic E-state index is 0.00614. The number of ether oxygens (including phenoxy) is 1. The van der Waals surface area contributed by atoms with Crippen LogP contribution < -0.4 is 4.72 Å². The molecule has 6 nitrogen and oxygen atoms in total. The number of halogens is 3. The van der Waals surface area contributed by atoms with Gasteiger partial charge in [0.2, 0.25) is 16.0 Å². The van der Waals surface area contributed by atoms with Gasteiger partial charge in [-0.3, -0.25) is 4.79 Å². The third-order valence-electron chi connectivity index (χ3n) is 7.20. The molecule has 34 heavy (non-hydrogen) atoms. The molecule has 1 saturated carbocycles. The second kappa shape index (κ2) is 8.66. The Bertz CT molecular complexity index is 1210. The van der Waals surface area contributed by atoms with Crippen LogP contribution in [-0.4, -0.2) is 56.6 Å². The number of carbonyl (C=O) groups is 1. The third-order valence-corrected chi connectivity index (χ3v) is 8.10. The lowest BCUT2D eigenvalue weighted by molar-refractivity contribution is -0.157. The number of rotatable bonds is 7. The van der Waals surface area contributed by atoms with Crippen LogP contribution in [0.2, 0.25) is 0 Å². The number of alkyl halides is 1. The molecule has 5 rings (SSSR count). The summed E-state index contributed by atoms with van der Waals surface area (Å²) in [5, 5.41) is 0. The lowest BCUT2D eigenvalue weighted by Crippen LogP contribution is -2.53. The Morgan fingerprint density at radius 1 is 1.12 bits per heavy atom. The smallest absolute Gasteiger partial charge is 0.252 e. The fourth-order valence-corrected chi connectivity index (χ4v) is 5.99. The quantitative estimate of drug-likeness (QED) is 0.642. The highest BCUT2D eigenvalue weighted by Crippen LogP contribution is 2.56. The lowest BCUT2D eigenvalue weighted by Gasteiger charge is -2.34. The van der Waals surface area contributed by atoms with E-state index in [1.165, 1.54) is 24.3 Å². The van der Waals surface area contributed by atoms with Crippen LogP contribution in [0.25, 0.3) is 11.1 Å². The molecule has 1 N–H and O–H groups in total. The molecule has 1 aliphatic carbocycles. The first kappa shape index (κ1) is 23.3. The monoisotopic (exact) mass is 494 g/mol. The number of nitrogens with one attached hydrogen (secondary N) is 1. The molecule has 3 fully saturated rings. The maximum absolute atomic E-state index is 15.6. The van der Waals surface area contributed by atoms with Crippen molar-refractivity contribution in [2.45, 2.75) is 43.9 Å². The third kappa shape index (κ3) is 4.12. The first-order valence-electron chi connectivity index (χ1n) is 11.2. The highest BCUT2D eigenvalue weighted by molar-refractivity contribution is 7.89. The Labute approximate surface area is 196 Å². The molecule has 3 atom stereocenters. The van der Waals surface area contributed by atoms with E-state index in [1.807, 2.05) is 0 Å². The van der Waals surface area contributed by atoms with E-state index in [2.05, 4.69) is 4.72 Å². The standard InChI is InChI=1S/C24H25F3N2O4S/c25-14-34(31,32)28-22-19(29(13-24(22)9-10-24)23(30)20-8-11-33-20)12-15-4-3-6-17(21(15)27)16-5-1-2-7-18(16)26/h1-7,19-20,22,28H,8-14H2/t19-,20+,22+/m0/s1. The molecule has 1 spiro atoms. The van der Waals surface area contributed by atoms with E-state index in [1.54, 1.807) is 23.1 Å². The van der Waals surface area contributed by atoms with Gasteiger partial charge in [-0.2, -0.15) is 0 Å². The van der Waals surface area contributed by atoms with E-state index in [9.17, 15) is 22.0 Å². The summed E-state index contributed by atoms with van der Waals surface area (Å²) in [6.45, 7) is 0.766. The van der Waals surface area contributed by atoms with Crippen molar-refractivity contribution >= 4 is 15.9 Å². The number of sulfonamides is 1. The highest BCUT2D eigenvalue weighted by Gasteiger charge is 2.62. The van der Waals surface area contributed by atoms with Crippen molar-refractivity contribution in [2.75, 3.05) is 19.2 Å². The number of carbonyl (C=O) groups excluding carboxylic acids is 1. The Morgan fingerprint density at radius 2 is 1.82 bits per heavy atom. The summed E-state index contributed by atoms with van der Waals surface area (Å²) in [4.78, 5) is 14.7. The van der Waals surface area contributed by atoms with Crippen LogP contribution in [0.4, 0.5) is 13.2 Å². The van der Waals surface area contributed by atoms with Crippen LogP contribution >= 0.6 is 0 Å². The Morgan fingerprint density at radius 3 is 2.44 bits per heavy atom. The molecule has 2 aromatic carbocycles. The normalized spacial score (nSPS) is 25.4. The molecule has 2 saturated heterocycles. The van der Waals surface area contributed by atoms with E-state index in [0.29, 0.717) is 32.4 Å². The Balaban J connectivity index is 1.52. The summed E-state index contributed by atoms with van der Waals surface area (Å²) in [5.74, 6) is -1.47. The van der Waals surface area contributed by atoms with Gasteiger partial charge in [-0.15, -0.1) is 0 Å². The second-order valence-electron chi connectivity index (χ2n) is 9.33. The number of benzene rings is 2. The summed E-state index contributed by atoms with van der Waals surface area (Å²) in [6.07, 6.45) is 1.30. The van der Waals surface area contributed by atoms with E-state index in [4.69, 9.17) is 4.74 Å². The molecule has 10 heteroatoms. The van der Waals surface area contributed by atoms with Gasteiger partial charge in [0.15, 0.2) is 0 Å². The number of hydrogen-bond acceptors (Lipinski definition) is 4. The Kier molecular flexibility index (Phi) is 5.94. The maximum atomic E-state index is 15.6. The first-order valence-corrected chi connectivity index (χ1v) is 12.9. The van der Waals surface area contributed by atoms with Gasteiger partial charge in [-0.25, -0.2) is 26.3 Å². The van der Waals surface area contributed by atoms with E-state index in [0.717, 1.165) is 0 Å². The molecule has 2 aromatic rings. The zero-order chi connectivity index (χ0) is 24.1. The van der Waals surface area contributed by atoms with Crippen molar-refractivity contribution in [1.29, 1.82) is 0 Å². The average Bonchev–Trinajstić information content (AvgIpc) is 3.50. The molecular formula is C24H25F3N2O4S. The van der Waals surface area contributed by atoms with Gasteiger partial charge in [0, 0.05) is 35.5 Å². The van der Waals surface area contributed by atoms with Crippen LogP contribution in [0.1, 0.15) is 24.8 Å². The largest absolute Gasteiger partial charge is 0.368 e. The number of amides is 1. The van der Waals surface area contributed by atoms with Crippen LogP contribution in [0.15, 0.2) is 42.5 Å². The van der Waals surface area contributed by atoms with Gasteiger partial charge >= 0.3 is 0 Å². The molecule has 0 radical (unpaired) electrons. The molecule has 0 aromatic heterocycles. The minimum Gasteiger partial charge on any atom is -0.368 e. The molecule has 2 heterocycles. The molecule has 0 bridgehead atoms. The van der Waals surface area contributed by atoms with Crippen LogP contribution in [0, 0.1) is 17.0 Å². The van der Waals surface area contributed by atoms with E-state index in [-0.39, 0.29) is 29.0 Å². The topological polar surface area (TPSA) is 75.7 Å². The van der Waals surface area contributed by atoms with Gasteiger partial charge in [-0.1, -0.05) is 36.4 Å². The fourth-order valence-electron chi connectivity index (χ4n) is 5.14. The predicted octanol–water partition coefficient (Wildman–Crippen LogP) is 3.17. The van der Waals surface area contributed by atoms with Crippen molar-refractivity contribution < 1.29 is 31.1 Å². The Hall–Kier alpha value is -2.43. The summed E-state index contributed by atoms with van der Waals surface area (Å²) < 4.78 is 75.3. The SMILES string of the molecule is O=C([C@H]1CCO1)N1CC2(CC2)[C@H](NS(=O)(=O)CF)[C@@H]1Cc1cccc(-c2ccccc2F)c1F. The second-order valence-corrected chi connectivity index (χ2v) is 11.0. The fraction of sp³-hybridized carbons (Fsp3) is 0.458. The minimum atomic E-state index is -4.22. The van der Waals surface area contributed by atoms with E-state index < -0.39 is 51.3 Å². The lowest BCUT2D eigenvalue weighted by atomic mass is 9.91. The molecule has 1 amide bonds. The van der Waals surface area contributed by atoms with Gasteiger partial charge in [0.1, 0.15) is 17.7 Å². The van der Waals surface area contributed by atoms with Gasteiger partial charge in [-0.05, 0) is 30.9 Å². The van der Waals surface area contributed by atoms with Crippen molar-refractivity contribution in [3.8, 4) is 11.1 Å². The summed E-state index contributed by atoms with van der Waals surface area (Å²) >= 11 is 0. The zero-order valence-corrected chi connectivity index (χ0v) is 19.2.